The van der Waals surface area contributed by atoms with Crippen LogP contribution < -0.4 is 10.6 Å². The first kappa shape index (κ1) is 26.4. The highest BCUT2D eigenvalue weighted by Crippen LogP contribution is 2.43. The molecule has 1 saturated carbocycles. The summed E-state index contributed by atoms with van der Waals surface area (Å²) >= 11 is 0. The van der Waals surface area contributed by atoms with Crippen molar-refractivity contribution in [3.8, 4) is 11.3 Å². The van der Waals surface area contributed by atoms with Crippen LogP contribution in [0, 0.1) is 6.57 Å². The molecule has 12 heteroatoms. The number of aromatic amines is 1. The summed E-state index contributed by atoms with van der Waals surface area (Å²) in [6.07, 6.45) is 1.59. The van der Waals surface area contributed by atoms with E-state index in [1.807, 2.05) is 0 Å². The molecule has 0 unspecified atom stereocenters. The van der Waals surface area contributed by atoms with E-state index in [9.17, 15) is 21.6 Å². The summed E-state index contributed by atoms with van der Waals surface area (Å²) in [7, 11) is -3.87. The van der Waals surface area contributed by atoms with Gasteiger partial charge in [-0.3, -0.25) is 0 Å². The van der Waals surface area contributed by atoms with Gasteiger partial charge in [0.2, 0.25) is 11.6 Å². The fourth-order valence-electron chi connectivity index (χ4n) is 5.39. The molecule has 1 aliphatic heterocycles. The highest BCUT2D eigenvalue weighted by Gasteiger charge is 2.38. The van der Waals surface area contributed by atoms with Crippen LogP contribution in [0.15, 0.2) is 29.4 Å². The fraction of sp³-hybridized carbons (Fsp3) is 0.500. The maximum Gasteiger partial charge on any atom is 0.419 e. The van der Waals surface area contributed by atoms with Crippen LogP contribution >= 0.6 is 0 Å². The number of rotatable bonds is 5. The lowest BCUT2D eigenvalue weighted by Gasteiger charge is -2.36. The Hall–Kier alpha value is -3.17. The van der Waals surface area contributed by atoms with Crippen LogP contribution in [0.4, 0.5) is 24.8 Å². The number of aromatic nitrogens is 3. The molecule has 0 spiro atoms. The minimum atomic E-state index is -4.73. The zero-order valence-electron chi connectivity index (χ0n) is 21.1. The van der Waals surface area contributed by atoms with E-state index in [1.165, 1.54) is 18.3 Å². The van der Waals surface area contributed by atoms with Gasteiger partial charge < -0.3 is 15.6 Å². The zero-order valence-corrected chi connectivity index (χ0v) is 21.9. The second-order valence-electron chi connectivity index (χ2n) is 10.7. The molecule has 0 radical (unpaired) electrons. The predicted molar refractivity (Wildman–Crippen MR) is 139 cm³/mol. The van der Waals surface area contributed by atoms with Crippen molar-refractivity contribution in [3.63, 3.8) is 0 Å². The number of fused-ring (bicyclic) bond motifs is 1. The number of halogens is 3. The number of piperidine rings is 1. The zero-order chi connectivity index (χ0) is 27.3. The molecule has 5 rings (SSSR count). The Morgan fingerprint density at radius 3 is 2.55 bits per heavy atom. The summed E-state index contributed by atoms with van der Waals surface area (Å²) in [5, 5.41) is 6.18. The van der Waals surface area contributed by atoms with Crippen LogP contribution in [-0.2, 0) is 16.0 Å². The average molecular weight is 547 g/mol. The maximum atomic E-state index is 14.1. The van der Waals surface area contributed by atoms with Gasteiger partial charge >= 0.3 is 6.18 Å². The standard InChI is InChI=1S/C26H29F3N6O2S/c1-25(2)11-10-15(12-33-25)34-24-32-14-19(26(27,28)29)21(35-24)18-13-31-22-17(18)8-9-20(30-3)23(22)38(36,37)16-6-4-5-7-16/h8-9,13-16,31,33H,4-7,10-12H2,1-2H3,(H,32,34,35)/t15-/m0/s1. The van der Waals surface area contributed by atoms with E-state index in [-0.39, 0.29) is 50.3 Å². The van der Waals surface area contributed by atoms with Crippen LogP contribution in [0.3, 0.4) is 0 Å². The molecule has 0 bridgehead atoms. The van der Waals surface area contributed by atoms with Crippen molar-refractivity contribution in [2.45, 2.75) is 80.3 Å². The number of nitrogens with zero attached hydrogens (tertiary/aromatic N) is 3. The molecule has 8 nitrogen and oxygen atoms in total. The van der Waals surface area contributed by atoms with Gasteiger partial charge in [-0.1, -0.05) is 25.0 Å². The average Bonchev–Trinajstić information content (AvgIpc) is 3.55. The summed E-state index contributed by atoms with van der Waals surface area (Å²) in [6, 6.07) is 2.78. The summed E-state index contributed by atoms with van der Waals surface area (Å²) in [5.74, 6) is 0.0606. The molecule has 3 heterocycles. The van der Waals surface area contributed by atoms with Crippen molar-refractivity contribution in [1.82, 2.24) is 20.3 Å². The maximum absolute atomic E-state index is 14.1. The third-order valence-electron chi connectivity index (χ3n) is 7.56. The van der Waals surface area contributed by atoms with E-state index >= 15 is 0 Å². The van der Waals surface area contributed by atoms with E-state index in [1.54, 1.807) is 0 Å². The lowest BCUT2D eigenvalue weighted by atomic mass is 9.91. The number of hydrogen-bond donors (Lipinski definition) is 3. The molecule has 3 aromatic rings. The molecule has 1 aromatic carbocycles. The minimum Gasteiger partial charge on any atom is -0.360 e. The summed E-state index contributed by atoms with van der Waals surface area (Å²) in [5.41, 5.74) is -1.23. The monoisotopic (exact) mass is 546 g/mol. The summed E-state index contributed by atoms with van der Waals surface area (Å²) in [4.78, 5) is 14.4. The van der Waals surface area contributed by atoms with Crippen LogP contribution in [0.1, 0.15) is 57.9 Å². The number of benzene rings is 1. The number of H-pyrrole nitrogens is 1. The molecule has 0 amide bonds. The largest absolute Gasteiger partial charge is 0.419 e. The SMILES string of the molecule is [C-]#[N+]c1ccc2c(-c3nc(N[C@H]4CCC(C)(C)NC4)ncc3C(F)(F)F)c[nH]c2c1S(=O)(=O)C1CCCC1. The van der Waals surface area contributed by atoms with Gasteiger partial charge in [-0.05, 0) is 39.5 Å². The topological polar surface area (TPSA) is 104 Å². The van der Waals surface area contributed by atoms with Gasteiger partial charge in [0.25, 0.3) is 0 Å². The molecule has 2 fully saturated rings. The quantitative estimate of drug-likeness (QED) is 0.347. The molecule has 2 aliphatic rings. The molecule has 3 N–H and O–H groups in total. The number of sulfone groups is 1. The molecule has 202 valence electrons. The first-order chi connectivity index (χ1) is 17.9. The third kappa shape index (κ3) is 4.85. The first-order valence-corrected chi connectivity index (χ1v) is 14.2. The van der Waals surface area contributed by atoms with E-state index in [4.69, 9.17) is 6.57 Å². The van der Waals surface area contributed by atoms with Gasteiger partial charge in [0.1, 0.15) is 5.56 Å². The van der Waals surface area contributed by atoms with Gasteiger partial charge in [-0.25, -0.2) is 23.2 Å². The van der Waals surface area contributed by atoms with E-state index in [0.29, 0.717) is 19.4 Å². The Balaban J connectivity index is 1.61. The van der Waals surface area contributed by atoms with E-state index in [2.05, 4.69) is 44.3 Å². The minimum absolute atomic E-state index is 0.0187. The first-order valence-electron chi connectivity index (χ1n) is 12.6. The highest BCUT2D eigenvalue weighted by atomic mass is 32.2. The second kappa shape index (κ2) is 9.54. The number of alkyl halides is 3. The molecule has 38 heavy (non-hydrogen) atoms. The van der Waals surface area contributed by atoms with Crippen molar-refractivity contribution in [2.24, 2.45) is 0 Å². The van der Waals surface area contributed by atoms with Crippen molar-refractivity contribution < 1.29 is 21.6 Å². The number of anilines is 1. The highest BCUT2D eigenvalue weighted by molar-refractivity contribution is 7.92. The normalized spacial score (nSPS) is 20.5. The van der Waals surface area contributed by atoms with Crippen molar-refractivity contribution in [3.05, 3.63) is 41.5 Å². The molecule has 1 aliphatic carbocycles. The van der Waals surface area contributed by atoms with Crippen LogP contribution in [0.25, 0.3) is 27.0 Å². The van der Waals surface area contributed by atoms with Gasteiger partial charge in [-0.15, -0.1) is 0 Å². The Labute approximate surface area is 219 Å². The molecule has 1 atom stereocenters. The lowest BCUT2D eigenvalue weighted by molar-refractivity contribution is -0.137. The van der Waals surface area contributed by atoms with Gasteiger partial charge in [0.05, 0.1) is 27.9 Å². The van der Waals surface area contributed by atoms with Crippen molar-refractivity contribution in [1.29, 1.82) is 0 Å². The Morgan fingerprint density at radius 1 is 1.18 bits per heavy atom. The van der Waals surface area contributed by atoms with E-state index in [0.717, 1.165) is 31.9 Å². The predicted octanol–water partition coefficient (Wildman–Crippen LogP) is 5.85. The summed E-state index contributed by atoms with van der Waals surface area (Å²) in [6.45, 7) is 12.3. The van der Waals surface area contributed by atoms with Gasteiger partial charge in [0, 0.05) is 41.5 Å². The van der Waals surface area contributed by atoms with Gasteiger partial charge in [-0.2, -0.15) is 13.2 Å². The molecular formula is C26H29F3N6O2S. The molecule has 1 saturated heterocycles. The van der Waals surface area contributed by atoms with Crippen molar-refractivity contribution >= 4 is 32.4 Å². The second-order valence-corrected chi connectivity index (χ2v) is 12.9. The van der Waals surface area contributed by atoms with E-state index < -0.39 is 26.8 Å². The number of hydrogen-bond acceptors (Lipinski definition) is 6. The van der Waals surface area contributed by atoms with Crippen LogP contribution in [-0.4, -0.2) is 46.7 Å². The molecule has 2 aromatic heterocycles. The Morgan fingerprint density at radius 2 is 1.92 bits per heavy atom. The lowest BCUT2D eigenvalue weighted by Crippen LogP contribution is -2.50. The van der Waals surface area contributed by atoms with Gasteiger partial charge in [0.15, 0.2) is 9.84 Å². The fourth-order valence-corrected chi connectivity index (χ4v) is 7.54. The van der Waals surface area contributed by atoms with Crippen LogP contribution in [0.2, 0.25) is 0 Å². The smallest absolute Gasteiger partial charge is 0.360 e. The van der Waals surface area contributed by atoms with Crippen molar-refractivity contribution in [2.75, 3.05) is 11.9 Å². The Kier molecular flexibility index (Phi) is 6.64. The molecular weight excluding hydrogens is 517 g/mol. The summed E-state index contributed by atoms with van der Waals surface area (Å²) < 4.78 is 69.2. The third-order valence-corrected chi connectivity index (χ3v) is 9.89. The number of nitrogens with one attached hydrogen (secondary N) is 3. The van der Waals surface area contributed by atoms with Crippen LogP contribution in [0.5, 0.6) is 0 Å². The Bertz CT molecular complexity index is 1510.